The smallest absolute Gasteiger partial charge is 0.264 e. The lowest BCUT2D eigenvalue weighted by Gasteiger charge is -2.25. The van der Waals surface area contributed by atoms with Gasteiger partial charge < -0.3 is 4.90 Å². The highest BCUT2D eigenvalue weighted by molar-refractivity contribution is 8.03. The molecule has 0 aliphatic carbocycles. The molecule has 1 N–H and O–H groups in total. The van der Waals surface area contributed by atoms with Crippen LogP contribution in [0, 0.1) is 11.3 Å². The van der Waals surface area contributed by atoms with Gasteiger partial charge in [0.05, 0.1) is 42.1 Å². The predicted molar refractivity (Wildman–Crippen MR) is 134 cm³/mol. The van der Waals surface area contributed by atoms with Crippen LogP contribution in [0.2, 0.25) is 0 Å². The zero-order valence-corrected chi connectivity index (χ0v) is 21.4. The number of allylic oxidation sites excluding steroid dienone is 2. The number of nitriles is 1. The summed E-state index contributed by atoms with van der Waals surface area (Å²) in [5.74, 6) is 0. The van der Waals surface area contributed by atoms with E-state index >= 15 is 0 Å². The van der Waals surface area contributed by atoms with Gasteiger partial charge in [0.15, 0.2) is 0 Å². The number of hydrogen-bond acceptors (Lipinski definition) is 6. The molecule has 0 fully saturated rings. The number of rotatable bonds is 3. The molecular weight excluding hydrogens is 454 g/mol. The van der Waals surface area contributed by atoms with E-state index in [0.717, 1.165) is 29.7 Å². The Morgan fingerprint density at radius 1 is 1.21 bits per heavy atom. The lowest BCUT2D eigenvalue weighted by atomic mass is 9.80. The first-order valence-corrected chi connectivity index (χ1v) is 13.2. The molecule has 6 nitrogen and oxygen atoms in total. The second kappa shape index (κ2) is 9.74. The second-order valence-corrected chi connectivity index (χ2v) is 11.4. The lowest BCUT2D eigenvalue weighted by molar-refractivity contribution is -0.828. The summed E-state index contributed by atoms with van der Waals surface area (Å²) in [6, 6.07) is 19.7. The van der Waals surface area contributed by atoms with Gasteiger partial charge in [-0.1, -0.05) is 42.1 Å². The highest BCUT2D eigenvalue weighted by Crippen LogP contribution is 2.46. The predicted octanol–water partition coefficient (Wildman–Crippen LogP) is 3.62. The van der Waals surface area contributed by atoms with E-state index in [2.05, 4.69) is 78.5 Å². The molecule has 2 aliphatic heterocycles. The summed E-state index contributed by atoms with van der Waals surface area (Å²) >= 11 is 1.67. The molecule has 0 amide bonds. The van der Waals surface area contributed by atoms with Crippen LogP contribution in [-0.2, 0) is 19.7 Å². The van der Waals surface area contributed by atoms with Crippen molar-refractivity contribution in [2.24, 2.45) is 0 Å². The van der Waals surface area contributed by atoms with E-state index in [1.165, 1.54) is 21.0 Å². The molecule has 2 atom stereocenters. The van der Waals surface area contributed by atoms with Gasteiger partial charge >= 0.3 is 0 Å². The van der Waals surface area contributed by atoms with Crippen LogP contribution in [0.15, 0.2) is 76.2 Å². The Bertz CT molecular complexity index is 1240. The van der Waals surface area contributed by atoms with Crippen molar-refractivity contribution in [1.29, 1.82) is 5.26 Å². The molecular formula is C25H30N3O3S2+. The highest BCUT2D eigenvalue weighted by Gasteiger charge is 2.46. The molecule has 174 valence electrons. The van der Waals surface area contributed by atoms with Crippen LogP contribution in [0.1, 0.15) is 19.4 Å². The summed E-state index contributed by atoms with van der Waals surface area (Å²) < 4.78 is 23.5. The van der Waals surface area contributed by atoms with Gasteiger partial charge in [0.1, 0.15) is 17.8 Å². The molecule has 33 heavy (non-hydrogen) atoms. The maximum absolute atomic E-state index is 9.82. The second-order valence-electron chi connectivity index (χ2n) is 8.62. The fraction of sp³-hybridized carbons (Fsp3) is 0.320. The van der Waals surface area contributed by atoms with Crippen LogP contribution in [0.3, 0.4) is 0 Å². The highest BCUT2D eigenvalue weighted by atomic mass is 32.2. The standard InChI is InChI=1S/C23H23N3S.C2H6O3S/c1-23(2)17-9-5-6-10-18(17)25(3)21(23)14-13-16(15-24)22-26(4)19-11-7-8-12-20(19)27-22;1-5-6(2,3)4/h5-14,21H,1-4H3;1-2H3/p+1/b14-13+,22-16-;. The van der Waals surface area contributed by atoms with E-state index in [0.29, 0.717) is 0 Å². The van der Waals surface area contributed by atoms with Crippen LogP contribution in [0.5, 0.6) is 0 Å². The minimum atomic E-state index is -3.16. The Morgan fingerprint density at radius 3 is 2.39 bits per heavy atom. The number of nitrogens with zero attached hydrogens (tertiary/aromatic N) is 2. The van der Waals surface area contributed by atoms with Gasteiger partial charge in [-0.2, -0.15) is 13.7 Å². The number of benzene rings is 2. The van der Waals surface area contributed by atoms with Crippen LogP contribution >= 0.6 is 11.8 Å². The van der Waals surface area contributed by atoms with Crippen molar-refractivity contribution >= 4 is 33.3 Å². The summed E-state index contributed by atoms with van der Waals surface area (Å²) in [6.45, 7) is 4.59. The molecule has 2 aliphatic rings. The van der Waals surface area contributed by atoms with Gasteiger partial charge in [0, 0.05) is 17.5 Å². The van der Waals surface area contributed by atoms with Gasteiger partial charge in [-0.3, -0.25) is 9.08 Å². The van der Waals surface area contributed by atoms with Crippen LogP contribution in [-0.4, -0.2) is 41.9 Å². The molecule has 0 spiro atoms. The third-order valence-corrected chi connectivity index (χ3v) is 7.99. The van der Waals surface area contributed by atoms with Gasteiger partial charge in [-0.25, -0.2) is 0 Å². The van der Waals surface area contributed by atoms with E-state index in [4.69, 9.17) is 0 Å². The maximum Gasteiger partial charge on any atom is 0.264 e. The van der Waals surface area contributed by atoms with Gasteiger partial charge in [-0.05, 0) is 44.2 Å². The minimum Gasteiger partial charge on any atom is -0.337 e. The normalized spacial score (nSPS) is 22.3. The molecule has 8 heteroatoms. The lowest BCUT2D eigenvalue weighted by Crippen LogP contribution is -3.07. The zero-order chi connectivity index (χ0) is 24.4. The Hall–Kier alpha value is -2.57. The van der Waals surface area contributed by atoms with Gasteiger partial charge in [0.25, 0.3) is 10.1 Å². The number of hydrogen-bond donors (Lipinski definition) is 1. The molecule has 0 aromatic heterocycles. The first-order chi connectivity index (χ1) is 15.5. The van der Waals surface area contributed by atoms with Gasteiger partial charge in [0.2, 0.25) is 0 Å². The number of anilines is 1. The summed E-state index contributed by atoms with van der Waals surface area (Å²) in [7, 11) is 2.21. The van der Waals surface area contributed by atoms with E-state index in [-0.39, 0.29) is 11.5 Å². The number of nitrogens with one attached hydrogen (secondary N) is 1. The molecule has 0 radical (unpaired) electrons. The fourth-order valence-electron chi connectivity index (χ4n) is 4.34. The molecule has 2 aromatic rings. The Kier molecular flexibility index (Phi) is 7.39. The maximum atomic E-state index is 9.82. The van der Waals surface area contributed by atoms with E-state index in [1.807, 2.05) is 25.3 Å². The number of likely N-dealkylation sites (N-methyl/N-ethyl adjacent to an activating group) is 1. The SMILES string of the molecule is CN1/C(=C(C#N)\C=C\C2[NH+](C)c3ccccc3C2(C)C)Sc2ccccc21.COS(C)(=O)=O. The summed E-state index contributed by atoms with van der Waals surface area (Å²) in [5.41, 5.74) is 4.65. The van der Waals surface area contributed by atoms with Crippen molar-refractivity contribution in [3.8, 4) is 6.07 Å². The van der Waals surface area contributed by atoms with Crippen molar-refractivity contribution in [3.63, 3.8) is 0 Å². The number of thioether (sulfide) groups is 1. The number of quaternary nitrogens is 1. The Labute approximate surface area is 201 Å². The summed E-state index contributed by atoms with van der Waals surface area (Å²) in [4.78, 5) is 4.70. The molecule has 4 rings (SSSR count). The monoisotopic (exact) mass is 484 g/mol. The van der Waals surface area contributed by atoms with Crippen LogP contribution in [0.25, 0.3) is 0 Å². The molecule has 2 heterocycles. The van der Waals surface area contributed by atoms with Crippen LogP contribution < -0.4 is 9.80 Å². The summed E-state index contributed by atoms with van der Waals surface area (Å²) in [5, 5.41) is 10.8. The average Bonchev–Trinajstić information content (AvgIpc) is 3.21. The molecule has 0 bridgehead atoms. The number of para-hydroxylation sites is 2. The van der Waals surface area contributed by atoms with E-state index in [1.54, 1.807) is 11.8 Å². The number of fused-ring (bicyclic) bond motifs is 2. The third-order valence-electron chi connectivity index (χ3n) is 6.14. The minimum absolute atomic E-state index is 0.0279. The van der Waals surface area contributed by atoms with Gasteiger partial charge in [-0.15, -0.1) is 0 Å². The molecule has 2 unspecified atom stereocenters. The first kappa shape index (κ1) is 25.1. The fourth-order valence-corrected chi connectivity index (χ4v) is 5.46. The van der Waals surface area contributed by atoms with Crippen molar-refractivity contribution in [3.05, 3.63) is 76.8 Å². The van der Waals surface area contributed by atoms with Crippen molar-refractivity contribution in [2.75, 3.05) is 32.4 Å². The largest absolute Gasteiger partial charge is 0.337 e. The molecule has 0 saturated carbocycles. The summed E-state index contributed by atoms with van der Waals surface area (Å²) in [6.07, 6.45) is 5.23. The van der Waals surface area contributed by atoms with Crippen LogP contribution in [0.4, 0.5) is 11.4 Å². The zero-order valence-electron chi connectivity index (χ0n) is 19.8. The average molecular weight is 485 g/mol. The van der Waals surface area contributed by atoms with Crippen molar-refractivity contribution in [2.45, 2.75) is 30.2 Å². The van der Waals surface area contributed by atoms with E-state index < -0.39 is 10.1 Å². The Balaban J connectivity index is 0.000000454. The first-order valence-electron chi connectivity index (χ1n) is 10.5. The molecule has 2 aromatic carbocycles. The van der Waals surface area contributed by atoms with Crippen molar-refractivity contribution in [1.82, 2.24) is 0 Å². The topological polar surface area (TPSA) is 74.8 Å². The van der Waals surface area contributed by atoms with Crippen molar-refractivity contribution < 1.29 is 17.5 Å². The Morgan fingerprint density at radius 2 is 1.82 bits per heavy atom. The third kappa shape index (κ3) is 5.17. The van der Waals surface area contributed by atoms with E-state index in [9.17, 15) is 13.7 Å². The molecule has 0 saturated heterocycles. The quantitative estimate of drug-likeness (QED) is 0.530.